The van der Waals surface area contributed by atoms with Gasteiger partial charge in [-0.15, -0.1) is 0 Å². The lowest BCUT2D eigenvalue weighted by Gasteiger charge is -2.39. The quantitative estimate of drug-likeness (QED) is 0.882. The van der Waals surface area contributed by atoms with Crippen molar-refractivity contribution in [2.45, 2.75) is 18.9 Å². The molecule has 0 bridgehead atoms. The van der Waals surface area contributed by atoms with Gasteiger partial charge in [-0.2, -0.15) is 0 Å². The van der Waals surface area contributed by atoms with Crippen LogP contribution in [0, 0.1) is 11.7 Å². The first kappa shape index (κ1) is 12.8. The molecule has 4 heteroatoms. The van der Waals surface area contributed by atoms with Crippen molar-refractivity contribution in [3.8, 4) is 0 Å². The second kappa shape index (κ2) is 5.34. The average molecular weight is 257 g/mol. The molecule has 2 unspecified atom stereocenters. The van der Waals surface area contributed by atoms with Gasteiger partial charge in [0.05, 0.1) is 0 Å². The molecule has 0 aliphatic carbocycles. The normalized spacial score (nSPS) is 26.1. The zero-order valence-electron chi connectivity index (χ0n) is 10.00. The maximum Gasteiger partial charge on any atom is 0.128 e. The molecule has 1 aliphatic heterocycles. The summed E-state index contributed by atoms with van der Waals surface area (Å²) in [4.78, 5) is 2.18. The predicted molar refractivity (Wildman–Crippen MR) is 68.6 cm³/mol. The summed E-state index contributed by atoms with van der Waals surface area (Å²) in [7, 11) is 2.02. The minimum Gasteiger partial charge on any atom is -0.330 e. The lowest BCUT2D eigenvalue weighted by molar-refractivity contribution is 0.122. The second-order valence-corrected chi connectivity index (χ2v) is 5.17. The van der Waals surface area contributed by atoms with Gasteiger partial charge in [0.2, 0.25) is 0 Å². The third kappa shape index (κ3) is 2.62. The van der Waals surface area contributed by atoms with E-state index in [4.69, 9.17) is 17.3 Å². The Morgan fingerprint density at radius 1 is 1.53 bits per heavy atom. The molecule has 1 aromatic rings. The average Bonchev–Trinajstić information content (AvgIpc) is 2.32. The van der Waals surface area contributed by atoms with E-state index in [0.717, 1.165) is 19.4 Å². The Morgan fingerprint density at radius 3 is 3.00 bits per heavy atom. The molecule has 0 aromatic heterocycles. The zero-order valence-corrected chi connectivity index (χ0v) is 10.8. The standard InChI is InChI=1S/C13H18ClFN2/c1-17-6-2-3-9(8-16)13(17)11-7-10(14)4-5-12(11)15/h4-5,7,9,13H,2-3,6,8,16H2,1H3. The van der Waals surface area contributed by atoms with Crippen molar-refractivity contribution < 1.29 is 4.39 Å². The molecule has 0 saturated carbocycles. The highest BCUT2D eigenvalue weighted by Gasteiger charge is 2.31. The summed E-state index contributed by atoms with van der Waals surface area (Å²) in [6.07, 6.45) is 2.18. The van der Waals surface area contributed by atoms with Gasteiger partial charge in [0.15, 0.2) is 0 Å². The molecule has 1 heterocycles. The summed E-state index contributed by atoms with van der Waals surface area (Å²) in [5.74, 6) is 0.119. The molecule has 1 fully saturated rings. The summed E-state index contributed by atoms with van der Waals surface area (Å²) < 4.78 is 13.9. The molecule has 0 spiro atoms. The van der Waals surface area contributed by atoms with Crippen LogP contribution in [0.25, 0.3) is 0 Å². The van der Waals surface area contributed by atoms with Gasteiger partial charge in [0, 0.05) is 16.6 Å². The van der Waals surface area contributed by atoms with Gasteiger partial charge in [-0.3, -0.25) is 4.90 Å². The number of rotatable bonds is 2. The van der Waals surface area contributed by atoms with Gasteiger partial charge in [0.1, 0.15) is 5.82 Å². The lowest BCUT2D eigenvalue weighted by atomic mass is 9.85. The monoisotopic (exact) mass is 256 g/mol. The Kier molecular flexibility index (Phi) is 4.02. The highest BCUT2D eigenvalue weighted by molar-refractivity contribution is 6.30. The molecular formula is C13H18ClFN2. The van der Waals surface area contributed by atoms with Crippen LogP contribution in [-0.4, -0.2) is 25.0 Å². The topological polar surface area (TPSA) is 29.3 Å². The molecule has 2 N–H and O–H groups in total. The second-order valence-electron chi connectivity index (χ2n) is 4.73. The largest absolute Gasteiger partial charge is 0.330 e. The van der Waals surface area contributed by atoms with Crippen LogP contribution in [0.3, 0.4) is 0 Å². The molecule has 1 saturated heterocycles. The maximum absolute atomic E-state index is 13.9. The molecule has 2 nitrogen and oxygen atoms in total. The van der Waals surface area contributed by atoms with E-state index in [2.05, 4.69) is 4.90 Å². The molecular weight excluding hydrogens is 239 g/mol. The molecule has 1 aromatic carbocycles. The van der Waals surface area contributed by atoms with Gasteiger partial charge >= 0.3 is 0 Å². The van der Waals surface area contributed by atoms with Crippen LogP contribution in [0.15, 0.2) is 18.2 Å². The number of hydrogen-bond acceptors (Lipinski definition) is 2. The molecule has 1 aliphatic rings. The van der Waals surface area contributed by atoms with E-state index in [9.17, 15) is 4.39 Å². The molecule has 2 atom stereocenters. The minimum absolute atomic E-state index is 0.0486. The Hall–Kier alpha value is -0.640. The zero-order chi connectivity index (χ0) is 12.4. The van der Waals surface area contributed by atoms with Crippen molar-refractivity contribution >= 4 is 11.6 Å². The Labute approximate surface area is 107 Å². The summed E-state index contributed by atoms with van der Waals surface area (Å²) >= 11 is 5.96. The van der Waals surface area contributed by atoms with Gasteiger partial charge in [-0.25, -0.2) is 4.39 Å². The van der Waals surface area contributed by atoms with Crippen molar-refractivity contribution in [2.75, 3.05) is 20.1 Å². The van der Waals surface area contributed by atoms with E-state index in [1.54, 1.807) is 12.1 Å². The van der Waals surface area contributed by atoms with E-state index >= 15 is 0 Å². The van der Waals surface area contributed by atoms with Crippen LogP contribution in [0.2, 0.25) is 5.02 Å². The molecule has 17 heavy (non-hydrogen) atoms. The highest BCUT2D eigenvalue weighted by Crippen LogP contribution is 2.36. The van der Waals surface area contributed by atoms with E-state index < -0.39 is 0 Å². The lowest BCUT2D eigenvalue weighted by Crippen LogP contribution is -2.39. The van der Waals surface area contributed by atoms with Crippen LogP contribution in [0.4, 0.5) is 4.39 Å². The smallest absolute Gasteiger partial charge is 0.128 e. The van der Waals surface area contributed by atoms with Gasteiger partial charge in [-0.05, 0) is 57.1 Å². The molecule has 2 rings (SSSR count). The summed E-state index contributed by atoms with van der Waals surface area (Å²) in [5, 5.41) is 0.580. The Morgan fingerprint density at radius 2 is 2.29 bits per heavy atom. The summed E-state index contributed by atoms with van der Waals surface area (Å²) in [5.41, 5.74) is 6.48. The highest BCUT2D eigenvalue weighted by atomic mass is 35.5. The van der Waals surface area contributed by atoms with Gasteiger partial charge in [0.25, 0.3) is 0 Å². The fourth-order valence-electron chi connectivity index (χ4n) is 2.74. The van der Waals surface area contributed by atoms with Crippen LogP contribution in [0.1, 0.15) is 24.4 Å². The third-order valence-corrected chi connectivity index (χ3v) is 3.82. The number of nitrogens with zero attached hydrogens (tertiary/aromatic N) is 1. The van der Waals surface area contributed by atoms with Gasteiger partial charge in [-0.1, -0.05) is 11.6 Å². The molecule has 94 valence electrons. The first-order chi connectivity index (χ1) is 8.13. The number of hydrogen-bond donors (Lipinski definition) is 1. The van der Waals surface area contributed by atoms with Crippen LogP contribution in [-0.2, 0) is 0 Å². The van der Waals surface area contributed by atoms with E-state index in [0.29, 0.717) is 23.0 Å². The number of piperidine rings is 1. The van der Waals surface area contributed by atoms with Crippen molar-refractivity contribution in [2.24, 2.45) is 11.7 Å². The summed E-state index contributed by atoms with van der Waals surface area (Å²) in [6, 6.07) is 4.80. The van der Waals surface area contributed by atoms with Gasteiger partial charge < -0.3 is 5.73 Å². The number of nitrogens with two attached hydrogens (primary N) is 1. The van der Waals surface area contributed by atoms with E-state index in [1.165, 1.54) is 6.07 Å². The van der Waals surface area contributed by atoms with Crippen molar-refractivity contribution in [1.29, 1.82) is 0 Å². The molecule has 0 amide bonds. The van der Waals surface area contributed by atoms with Crippen molar-refractivity contribution in [3.05, 3.63) is 34.6 Å². The van der Waals surface area contributed by atoms with E-state index in [-0.39, 0.29) is 11.9 Å². The van der Waals surface area contributed by atoms with E-state index in [1.807, 2.05) is 7.05 Å². The van der Waals surface area contributed by atoms with Crippen LogP contribution in [0.5, 0.6) is 0 Å². The first-order valence-corrected chi connectivity index (χ1v) is 6.36. The summed E-state index contributed by atoms with van der Waals surface area (Å²) in [6.45, 7) is 1.56. The fraction of sp³-hybridized carbons (Fsp3) is 0.538. The number of likely N-dealkylation sites (tertiary alicyclic amines) is 1. The Balaban J connectivity index is 2.37. The van der Waals surface area contributed by atoms with Crippen molar-refractivity contribution in [3.63, 3.8) is 0 Å². The predicted octanol–water partition coefficient (Wildman–Crippen LogP) is 2.82. The van der Waals surface area contributed by atoms with Crippen LogP contribution >= 0.6 is 11.6 Å². The number of halogens is 2. The van der Waals surface area contributed by atoms with Crippen molar-refractivity contribution in [1.82, 2.24) is 4.90 Å². The minimum atomic E-state index is -0.188. The maximum atomic E-state index is 13.9. The number of benzene rings is 1. The fourth-order valence-corrected chi connectivity index (χ4v) is 2.92. The van der Waals surface area contributed by atoms with Crippen LogP contribution < -0.4 is 5.73 Å². The Bertz CT molecular complexity index is 397. The SMILES string of the molecule is CN1CCCC(CN)C1c1cc(Cl)ccc1F. The molecule has 0 radical (unpaired) electrons. The first-order valence-electron chi connectivity index (χ1n) is 5.98. The third-order valence-electron chi connectivity index (χ3n) is 3.59.